The first kappa shape index (κ1) is 14.3. The highest BCUT2D eigenvalue weighted by Gasteiger charge is 2.27. The molecular weight excluding hydrogens is 261 g/mol. The maximum absolute atomic E-state index is 12.2. The summed E-state index contributed by atoms with van der Waals surface area (Å²) in [5, 5.41) is 10.0. The molecule has 5 heteroatoms. The number of carbonyl (C=O) groups excluding carboxylic acids is 1. The van der Waals surface area contributed by atoms with Crippen molar-refractivity contribution in [1.82, 2.24) is 4.90 Å². The highest BCUT2D eigenvalue weighted by Crippen LogP contribution is 2.22. The Kier molecular flexibility index (Phi) is 4.42. The molecule has 0 heterocycles. The summed E-state index contributed by atoms with van der Waals surface area (Å²) in [6.07, 6.45) is 0. The normalized spacial score (nSPS) is 11.4. The van der Waals surface area contributed by atoms with Gasteiger partial charge in [-0.25, -0.2) is 0 Å². The zero-order valence-electron chi connectivity index (χ0n) is 10.00. The lowest BCUT2D eigenvalue weighted by Crippen LogP contribution is -2.47. The minimum absolute atomic E-state index is 0.121. The predicted molar refractivity (Wildman–Crippen MR) is 69.7 cm³/mol. The Morgan fingerprint density at radius 3 is 2.18 bits per heavy atom. The molecule has 0 atom stereocenters. The van der Waals surface area contributed by atoms with Gasteiger partial charge in [-0.3, -0.25) is 4.79 Å². The second kappa shape index (κ2) is 5.25. The number of aliphatic hydroxyl groups excluding tert-OH is 1. The number of halogens is 2. The Hall–Kier alpha value is -0.770. The third-order valence-electron chi connectivity index (χ3n) is 2.71. The van der Waals surface area contributed by atoms with Gasteiger partial charge in [-0.1, -0.05) is 23.2 Å². The summed E-state index contributed by atoms with van der Waals surface area (Å²) in [6.45, 7) is 3.43. The molecule has 0 radical (unpaired) electrons. The lowest BCUT2D eigenvalue weighted by atomic mass is 10.0. The highest BCUT2D eigenvalue weighted by molar-refractivity contribution is 6.35. The van der Waals surface area contributed by atoms with Crippen LogP contribution in [-0.2, 0) is 0 Å². The van der Waals surface area contributed by atoms with Crippen molar-refractivity contribution in [3.63, 3.8) is 0 Å². The lowest BCUT2D eigenvalue weighted by molar-refractivity contribution is 0.0473. The van der Waals surface area contributed by atoms with Crippen molar-refractivity contribution in [2.45, 2.75) is 19.4 Å². The average Bonchev–Trinajstić information content (AvgIpc) is 2.25. The number of amides is 1. The number of likely N-dealkylation sites (N-methyl/N-ethyl adjacent to an activating group) is 1. The van der Waals surface area contributed by atoms with Crippen LogP contribution in [0.4, 0.5) is 0 Å². The summed E-state index contributed by atoms with van der Waals surface area (Å²) in [5.41, 5.74) is -0.224. The molecule has 0 saturated heterocycles. The molecule has 0 aliphatic heterocycles. The van der Waals surface area contributed by atoms with Crippen LogP contribution in [0.3, 0.4) is 0 Å². The predicted octanol–water partition coefficient (Wildman–Crippen LogP) is 2.84. The molecule has 0 aliphatic carbocycles. The smallest absolute Gasteiger partial charge is 0.254 e. The number of rotatable bonds is 3. The topological polar surface area (TPSA) is 40.5 Å². The first-order chi connectivity index (χ1) is 7.77. The first-order valence-electron chi connectivity index (χ1n) is 5.13. The zero-order chi connectivity index (χ0) is 13.2. The molecule has 1 rings (SSSR count). The molecule has 3 nitrogen and oxygen atoms in total. The van der Waals surface area contributed by atoms with E-state index < -0.39 is 5.54 Å². The number of carbonyl (C=O) groups is 1. The van der Waals surface area contributed by atoms with Crippen LogP contribution in [0.2, 0.25) is 10.0 Å². The van der Waals surface area contributed by atoms with E-state index in [0.717, 1.165) is 0 Å². The van der Waals surface area contributed by atoms with Crippen molar-refractivity contribution in [2.75, 3.05) is 13.7 Å². The first-order valence-corrected chi connectivity index (χ1v) is 5.88. The highest BCUT2D eigenvalue weighted by atomic mass is 35.5. The summed E-state index contributed by atoms with van der Waals surface area (Å²) in [4.78, 5) is 13.6. The number of hydrogen-bond acceptors (Lipinski definition) is 2. The number of aliphatic hydroxyl groups is 1. The number of benzene rings is 1. The minimum atomic E-state index is -0.633. The van der Waals surface area contributed by atoms with Gasteiger partial charge in [0, 0.05) is 22.7 Å². The summed E-state index contributed by atoms with van der Waals surface area (Å²) >= 11 is 11.7. The van der Waals surface area contributed by atoms with Crippen LogP contribution in [0.5, 0.6) is 0 Å². The Labute approximate surface area is 111 Å². The van der Waals surface area contributed by atoms with E-state index in [1.807, 2.05) is 0 Å². The number of hydrogen-bond donors (Lipinski definition) is 1. The van der Waals surface area contributed by atoms with E-state index in [4.69, 9.17) is 23.2 Å². The molecule has 0 aliphatic rings. The van der Waals surface area contributed by atoms with Crippen LogP contribution in [0, 0.1) is 0 Å². The lowest BCUT2D eigenvalue weighted by Gasteiger charge is -2.34. The summed E-state index contributed by atoms with van der Waals surface area (Å²) in [6, 6.07) is 4.68. The van der Waals surface area contributed by atoms with Crippen LogP contribution in [-0.4, -0.2) is 35.1 Å². The largest absolute Gasteiger partial charge is 0.394 e. The van der Waals surface area contributed by atoms with E-state index in [2.05, 4.69) is 0 Å². The zero-order valence-corrected chi connectivity index (χ0v) is 11.5. The fourth-order valence-electron chi connectivity index (χ4n) is 1.25. The van der Waals surface area contributed by atoms with Crippen LogP contribution in [0.15, 0.2) is 18.2 Å². The second-order valence-corrected chi connectivity index (χ2v) is 5.37. The maximum atomic E-state index is 12.2. The van der Waals surface area contributed by atoms with Gasteiger partial charge in [0.2, 0.25) is 0 Å². The maximum Gasteiger partial charge on any atom is 0.254 e. The van der Waals surface area contributed by atoms with Crippen LogP contribution < -0.4 is 0 Å². The van der Waals surface area contributed by atoms with Gasteiger partial charge in [-0.15, -0.1) is 0 Å². The third-order valence-corrected chi connectivity index (χ3v) is 3.15. The van der Waals surface area contributed by atoms with E-state index in [-0.39, 0.29) is 12.5 Å². The Balaban J connectivity index is 3.04. The summed E-state index contributed by atoms with van der Waals surface area (Å²) in [5.74, 6) is -0.228. The fraction of sp³-hybridized carbons (Fsp3) is 0.417. The standard InChI is InChI=1S/C12H15Cl2NO2/c1-12(2,7-16)15(3)11(17)8-4-9(13)6-10(14)5-8/h4-6,16H,7H2,1-3H3. The van der Waals surface area contributed by atoms with E-state index in [1.165, 1.54) is 4.90 Å². The Morgan fingerprint density at radius 1 is 1.29 bits per heavy atom. The molecule has 1 N–H and O–H groups in total. The van der Waals surface area contributed by atoms with Crippen LogP contribution in [0.1, 0.15) is 24.2 Å². The van der Waals surface area contributed by atoms with Gasteiger partial charge in [-0.05, 0) is 32.0 Å². The van der Waals surface area contributed by atoms with E-state index in [0.29, 0.717) is 15.6 Å². The van der Waals surface area contributed by atoms with E-state index in [9.17, 15) is 9.90 Å². The molecule has 0 unspecified atom stereocenters. The van der Waals surface area contributed by atoms with Gasteiger partial charge >= 0.3 is 0 Å². The van der Waals surface area contributed by atoms with Gasteiger partial charge in [0.1, 0.15) is 0 Å². The van der Waals surface area contributed by atoms with Crippen molar-refractivity contribution in [1.29, 1.82) is 0 Å². The van der Waals surface area contributed by atoms with Gasteiger partial charge in [0.25, 0.3) is 5.91 Å². The summed E-state index contributed by atoms with van der Waals surface area (Å²) < 4.78 is 0. The van der Waals surface area contributed by atoms with Crippen molar-refractivity contribution in [3.8, 4) is 0 Å². The molecule has 0 saturated carbocycles. The van der Waals surface area contributed by atoms with Gasteiger partial charge in [0.15, 0.2) is 0 Å². The molecule has 0 aromatic heterocycles. The van der Waals surface area contributed by atoms with Gasteiger partial charge in [-0.2, -0.15) is 0 Å². The molecular formula is C12H15Cl2NO2. The van der Waals surface area contributed by atoms with Crippen LogP contribution in [0.25, 0.3) is 0 Å². The van der Waals surface area contributed by atoms with Crippen molar-refractivity contribution >= 4 is 29.1 Å². The van der Waals surface area contributed by atoms with E-state index in [1.54, 1.807) is 39.1 Å². The Morgan fingerprint density at radius 2 is 1.76 bits per heavy atom. The molecule has 1 aromatic rings. The second-order valence-electron chi connectivity index (χ2n) is 4.49. The molecule has 17 heavy (non-hydrogen) atoms. The minimum Gasteiger partial charge on any atom is -0.394 e. The molecule has 94 valence electrons. The van der Waals surface area contributed by atoms with Crippen molar-refractivity contribution in [3.05, 3.63) is 33.8 Å². The molecule has 0 bridgehead atoms. The molecule has 0 spiro atoms. The molecule has 1 aromatic carbocycles. The average molecular weight is 276 g/mol. The van der Waals surface area contributed by atoms with Crippen LogP contribution >= 0.6 is 23.2 Å². The summed E-state index contributed by atoms with van der Waals surface area (Å²) in [7, 11) is 1.63. The molecule has 1 amide bonds. The molecule has 0 fully saturated rings. The Bertz CT molecular complexity index is 412. The fourth-order valence-corrected chi connectivity index (χ4v) is 1.78. The SMILES string of the molecule is CN(C(=O)c1cc(Cl)cc(Cl)c1)C(C)(C)CO. The van der Waals surface area contributed by atoms with Crippen molar-refractivity contribution < 1.29 is 9.90 Å². The number of nitrogens with zero attached hydrogens (tertiary/aromatic N) is 1. The van der Waals surface area contributed by atoms with Gasteiger partial charge < -0.3 is 10.0 Å². The van der Waals surface area contributed by atoms with Gasteiger partial charge in [0.05, 0.1) is 12.1 Å². The van der Waals surface area contributed by atoms with E-state index >= 15 is 0 Å². The quantitative estimate of drug-likeness (QED) is 0.922. The third kappa shape index (κ3) is 3.35. The van der Waals surface area contributed by atoms with Crippen molar-refractivity contribution in [2.24, 2.45) is 0 Å². The monoisotopic (exact) mass is 275 g/mol.